The molecule has 0 unspecified atom stereocenters. The average Bonchev–Trinajstić information content (AvgIpc) is 2.80. The zero-order chi connectivity index (χ0) is 14.3. The van der Waals surface area contributed by atoms with E-state index in [0.29, 0.717) is 17.0 Å². The molecule has 0 bridgehead atoms. The first-order chi connectivity index (χ1) is 9.52. The second-order valence-corrected chi connectivity index (χ2v) is 4.54. The molecule has 100 valence electrons. The maximum absolute atomic E-state index is 10.8. The van der Waals surface area contributed by atoms with Gasteiger partial charge in [-0.15, -0.1) is 0 Å². The van der Waals surface area contributed by atoms with Gasteiger partial charge >= 0.3 is 0 Å². The van der Waals surface area contributed by atoms with Crippen molar-refractivity contribution in [2.45, 2.75) is 6.92 Å². The molecule has 20 heavy (non-hydrogen) atoms. The minimum Gasteiger partial charge on any atom is -0.454 e. The SMILES string of the molecule is Cc1ccc2oc(-c3cc([N+](=O)[O-])cc(N)n3)cc2c1. The van der Waals surface area contributed by atoms with Crippen molar-refractivity contribution in [3.63, 3.8) is 0 Å². The third kappa shape index (κ3) is 2.07. The molecule has 0 amide bonds. The van der Waals surface area contributed by atoms with E-state index in [-0.39, 0.29) is 11.5 Å². The molecule has 0 aliphatic rings. The van der Waals surface area contributed by atoms with Gasteiger partial charge in [0, 0.05) is 11.5 Å². The summed E-state index contributed by atoms with van der Waals surface area (Å²) in [5, 5.41) is 11.8. The number of aromatic nitrogens is 1. The van der Waals surface area contributed by atoms with Crippen LogP contribution in [-0.2, 0) is 0 Å². The van der Waals surface area contributed by atoms with E-state index in [9.17, 15) is 10.1 Å². The van der Waals surface area contributed by atoms with Gasteiger partial charge in [0.05, 0.1) is 11.0 Å². The maximum Gasteiger partial charge on any atom is 0.275 e. The second kappa shape index (κ2) is 4.34. The topological polar surface area (TPSA) is 95.2 Å². The van der Waals surface area contributed by atoms with E-state index in [2.05, 4.69) is 4.98 Å². The van der Waals surface area contributed by atoms with Crippen LogP contribution in [0.3, 0.4) is 0 Å². The highest BCUT2D eigenvalue weighted by Crippen LogP contribution is 2.30. The quantitative estimate of drug-likeness (QED) is 0.568. The Bertz CT molecular complexity index is 824. The molecule has 2 N–H and O–H groups in total. The number of nitrogen functional groups attached to an aromatic ring is 1. The number of nitrogens with two attached hydrogens (primary N) is 1. The van der Waals surface area contributed by atoms with Crippen LogP contribution < -0.4 is 5.73 Å². The second-order valence-electron chi connectivity index (χ2n) is 4.54. The zero-order valence-electron chi connectivity index (χ0n) is 10.7. The van der Waals surface area contributed by atoms with Gasteiger partial charge in [-0.25, -0.2) is 4.98 Å². The standard InChI is InChI=1S/C14H11N3O3/c1-8-2-3-12-9(4-8)5-13(20-12)11-6-10(17(18)19)7-14(15)16-11/h2-7H,1H3,(H2,15,16). The average molecular weight is 269 g/mol. The minimum atomic E-state index is -0.506. The zero-order valence-corrected chi connectivity index (χ0v) is 10.7. The number of furan rings is 1. The first kappa shape index (κ1) is 12.2. The molecule has 1 aromatic carbocycles. The van der Waals surface area contributed by atoms with Crippen LogP contribution in [0.5, 0.6) is 0 Å². The van der Waals surface area contributed by atoms with Crippen LogP contribution in [-0.4, -0.2) is 9.91 Å². The van der Waals surface area contributed by atoms with Crippen molar-refractivity contribution >= 4 is 22.5 Å². The summed E-state index contributed by atoms with van der Waals surface area (Å²) in [5.74, 6) is 0.548. The van der Waals surface area contributed by atoms with E-state index < -0.39 is 4.92 Å². The molecule has 2 heterocycles. The van der Waals surface area contributed by atoms with E-state index in [4.69, 9.17) is 10.2 Å². The molecule has 3 rings (SSSR count). The predicted octanol–water partition coefficient (Wildman–Crippen LogP) is 3.29. The van der Waals surface area contributed by atoms with Gasteiger partial charge in [0.15, 0.2) is 5.76 Å². The number of pyridine rings is 1. The number of hydrogen-bond acceptors (Lipinski definition) is 5. The largest absolute Gasteiger partial charge is 0.454 e. The summed E-state index contributed by atoms with van der Waals surface area (Å²) in [6, 6.07) is 10.1. The van der Waals surface area contributed by atoms with Crippen molar-refractivity contribution < 1.29 is 9.34 Å². The molecule has 0 fully saturated rings. The molecule has 0 saturated heterocycles. The Morgan fingerprint density at radius 3 is 2.80 bits per heavy atom. The van der Waals surface area contributed by atoms with Crippen LogP contribution >= 0.6 is 0 Å². The van der Waals surface area contributed by atoms with Crippen molar-refractivity contribution in [3.05, 3.63) is 52.1 Å². The van der Waals surface area contributed by atoms with Crippen LogP contribution in [0.15, 0.2) is 40.8 Å². The van der Waals surface area contributed by atoms with E-state index in [1.807, 2.05) is 25.1 Å². The molecule has 3 aromatic rings. The van der Waals surface area contributed by atoms with Gasteiger partial charge in [0.1, 0.15) is 17.1 Å². The first-order valence-electron chi connectivity index (χ1n) is 5.95. The van der Waals surface area contributed by atoms with Crippen molar-refractivity contribution in [1.29, 1.82) is 0 Å². The monoisotopic (exact) mass is 269 g/mol. The lowest BCUT2D eigenvalue weighted by atomic mass is 10.2. The Morgan fingerprint density at radius 2 is 2.05 bits per heavy atom. The van der Waals surface area contributed by atoms with Crippen LogP contribution in [0.2, 0.25) is 0 Å². The molecule has 0 aliphatic carbocycles. The fourth-order valence-electron chi connectivity index (χ4n) is 2.06. The van der Waals surface area contributed by atoms with Crippen molar-refractivity contribution in [3.8, 4) is 11.5 Å². The van der Waals surface area contributed by atoms with Gasteiger partial charge in [-0.05, 0) is 25.1 Å². The lowest BCUT2D eigenvalue weighted by Gasteiger charge is -1.98. The number of rotatable bonds is 2. The molecular formula is C14H11N3O3. The van der Waals surface area contributed by atoms with Crippen LogP contribution in [0.25, 0.3) is 22.4 Å². The van der Waals surface area contributed by atoms with Gasteiger partial charge in [-0.1, -0.05) is 11.6 Å². The highest BCUT2D eigenvalue weighted by Gasteiger charge is 2.14. The molecule has 0 atom stereocenters. The van der Waals surface area contributed by atoms with Gasteiger partial charge in [-0.3, -0.25) is 10.1 Å². The Balaban J connectivity index is 2.17. The van der Waals surface area contributed by atoms with E-state index in [1.165, 1.54) is 12.1 Å². The highest BCUT2D eigenvalue weighted by atomic mass is 16.6. The van der Waals surface area contributed by atoms with Gasteiger partial charge in [0.25, 0.3) is 5.69 Å². The van der Waals surface area contributed by atoms with E-state index in [0.717, 1.165) is 10.9 Å². The first-order valence-corrected chi connectivity index (χ1v) is 5.95. The molecule has 0 radical (unpaired) electrons. The van der Waals surface area contributed by atoms with Crippen LogP contribution in [0, 0.1) is 17.0 Å². The normalized spacial score (nSPS) is 10.8. The fraction of sp³-hybridized carbons (Fsp3) is 0.0714. The lowest BCUT2D eigenvalue weighted by Crippen LogP contribution is -1.96. The fourth-order valence-corrected chi connectivity index (χ4v) is 2.06. The minimum absolute atomic E-state index is 0.0887. The molecule has 6 nitrogen and oxygen atoms in total. The number of hydrogen-bond donors (Lipinski definition) is 1. The highest BCUT2D eigenvalue weighted by molar-refractivity contribution is 5.83. The molecule has 0 aliphatic heterocycles. The Kier molecular flexibility index (Phi) is 2.64. The van der Waals surface area contributed by atoms with Gasteiger partial charge in [-0.2, -0.15) is 0 Å². The summed E-state index contributed by atoms with van der Waals surface area (Å²) >= 11 is 0. The number of fused-ring (bicyclic) bond motifs is 1. The maximum atomic E-state index is 10.8. The Hall–Kier alpha value is -2.89. The lowest BCUT2D eigenvalue weighted by molar-refractivity contribution is -0.384. The third-order valence-electron chi connectivity index (χ3n) is 2.96. The summed E-state index contributed by atoms with van der Waals surface area (Å²) in [4.78, 5) is 14.4. The van der Waals surface area contributed by atoms with Crippen LogP contribution in [0.1, 0.15) is 5.56 Å². The summed E-state index contributed by atoms with van der Waals surface area (Å²) in [6.07, 6.45) is 0. The number of benzene rings is 1. The molecule has 0 saturated carbocycles. The van der Waals surface area contributed by atoms with E-state index in [1.54, 1.807) is 6.07 Å². The third-order valence-corrected chi connectivity index (χ3v) is 2.96. The molecule has 0 spiro atoms. The number of nitro groups is 1. The van der Waals surface area contributed by atoms with Crippen LogP contribution in [0.4, 0.5) is 11.5 Å². The van der Waals surface area contributed by atoms with Crippen molar-refractivity contribution in [1.82, 2.24) is 4.98 Å². The number of nitrogens with zero attached hydrogens (tertiary/aromatic N) is 2. The summed E-state index contributed by atoms with van der Waals surface area (Å²) in [6.45, 7) is 1.98. The van der Waals surface area contributed by atoms with Gasteiger partial charge in [0.2, 0.25) is 0 Å². The summed E-state index contributed by atoms with van der Waals surface area (Å²) < 4.78 is 5.66. The predicted molar refractivity (Wildman–Crippen MR) is 75.2 cm³/mol. The molecule has 2 aromatic heterocycles. The van der Waals surface area contributed by atoms with Crippen molar-refractivity contribution in [2.24, 2.45) is 0 Å². The molecular weight excluding hydrogens is 258 g/mol. The Morgan fingerprint density at radius 1 is 1.25 bits per heavy atom. The van der Waals surface area contributed by atoms with Crippen molar-refractivity contribution in [2.75, 3.05) is 5.73 Å². The summed E-state index contributed by atoms with van der Waals surface area (Å²) in [5.41, 5.74) is 7.65. The number of aryl methyl sites for hydroxylation is 1. The number of anilines is 1. The van der Waals surface area contributed by atoms with Gasteiger partial charge < -0.3 is 10.2 Å². The Labute approximate surface area is 114 Å². The molecule has 6 heteroatoms. The smallest absolute Gasteiger partial charge is 0.275 e. The summed E-state index contributed by atoms with van der Waals surface area (Å²) in [7, 11) is 0. The van der Waals surface area contributed by atoms with E-state index >= 15 is 0 Å².